The van der Waals surface area contributed by atoms with Gasteiger partial charge in [-0.25, -0.2) is 0 Å². The molecule has 0 aromatic heterocycles. The van der Waals surface area contributed by atoms with Gasteiger partial charge in [-0.05, 0) is 13.8 Å². The number of halogens is 1. The number of methoxy groups -OCH3 is 1. The van der Waals surface area contributed by atoms with Gasteiger partial charge >= 0.3 is 0 Å². The Bertz CT molecular complexity index is 132. The molecular weight excluding hydrogens is 119 g/mol. The van der Waals surface area contributed by atoms with Gasteiger partial charge in [0.05, 0.1) is 7.11 Å². The largest absolute Gasteiger partial charge is 0.474 e. The van der Waals surface area contributed by atoms with E-state index in [4.69, 9.17) is 0 Å². The molecule has 0 radical (unpaired) electrons. The number of allylic oxidation sites excluding steroid dienone is 3. The zero-order chi connectivity index (χ0) is 7.28. The van der Waals surface area contributed by atoms with Crippen molar-refractivity contribution >= 4 is 0 Å². The molecule has 0 aliphatic carbocycles. The van der Waals surface area contributed by atoms with Crippen LogP contribution in [0.2, 0.25) is 0 Å². The van der Waals surface area contributed by atoms with Crippen LogP contribution in [-0.2, 0) is 4.74 Å². The molecule has 0 atom stereocenters. The Balaban J connectivity index is 3.83. The molecule has 52 valence electrons. The summed E-state index contributed by atoms with van der Waals surface area (Å²) < 4.78 is 16.3. The van der Waals surface area contributed by atoms with Gasteiger partial charge in [-0.1, -0.05) is 11.6 Å². The lowest BCUT2D eigenvalue weighted by Gasteiger charge is -1.89. The van der Waals surface area contributed by atoms with Crippen molar-refractivity contribution in [2.24, 2.45) is 0 Å². The van der Waals surface area contributed by atoms with E-state index in [0.29, 0.717) is 0 Å². The lowest BCUT2D eigenvalue weighted by atomic mass is 10.3. The van der Waals surface area contributed by atoms with Crippen LogP contribution in [0.25, 0.3) is 0 Å². The topological polar surface area (TPSA) is 9.23 Å². The number of rotatable bonds is 2. The minimum Gasteiger partial charge on any atom is -0.474 e. The molecule has 0 rings (SSSR count). The van der Waals surface area contributed by atoms with Crippen LogP contribution in [0.4, 0.5) is 4.39 Å². The third kappa shape index (κ3) is 5.07. The molecule has 1 nitrogen and oxygen atoms in total. The molecule has 0 amide bonds. The molecule has 0 fully saturated rings. The molecule has 0 saturated carbocycles. The third-order valence-electron chi connectivity index (χ3n) is 0.743. The Morgan fingerprint density at radius 2 is 1.89 bits per heavy atom. The van der Waals surface area contributed by atoms with Gasteiger partial charge < -0.3 is 4.74 Å². The predicted molar refractivity (Wildman–Crippen MR) is 35.6 cm³/mol. The molecule has 0 bridgehead atoms. The van der Waals surface area contributed by atoms with E-state index in [2.05, 4.69) is 4.74 Å². The molecular formula is C7H11FO. The molecule has 0 aromatic rings. The Hall–Kier alpha value is -0.790. The van der Waals surface area contributed by atoms with Crippen molar-refractivity contribution in [3.8, 4) is 0 Å². The van der Waals surface area contributed by atoms with Crippen molar-refractivity contribution in [2.45, 2.75) is 13.8 Å². The highest BCUT2D eigenvalue weighted by Gasteiger charge is 1.83. The van der Waals surface area contributed by atoms with E-state index in [1.807, 2.05) is 13.8 Å². The van der Waals surface area contributed by atoms with E-state index in [0.717, 1.165) is 5.57 Å². The van der Waals surface area contributed by atoms with Crippen LogP contribution in [0.5, 0.6) is 0 Å². The van der Waals surface area contributed by atoms with Crippen LogP contribution in [0, 0.1) is 0 Å². The minimum absolute atomic E-state index is 0.559. The minimum atomic E-state index is -0.559. The van der Waals surface area contributed by atoms with Gasteiger partial charge in [0.15, 0.2) is 0 Å². The summed E-state index contributed by atoms with van der Waals surface area (Å²) in [5, 5.41) is 0. The van der Waals surface area contributed by atoms with Gasteiger partial charge in [0, 0.05) is 6.08 Å². The van der Waals surface area contributed by atoms with Crippen molar-refractivity contribution in [1.29, 1.82) is 0 Å². The van der Waals surface area contributed by atoms with Gasteiger partial charge in [-0.15, -0.1) is 0 Å². The fraction of sp³-hybridized carbons (Fsp3) is 0.429. The summed E-state index contributed by atoms with van der Waals surface area (Å²) in [5.41, 5.74) is 1.04. The summed E-state index contributed by atoms with van der Waals surface area (Å²) in [6.45, 7) is 3.78. The maximum absolute atomic E-state index is 12.1. The van der Waals surface area contributed by atoms with Gasteiger partial charge in [-0.3, -0.25) is 0 Å². The Morgan fingerprint density at radius 1 is 1.33 bits per heavy atom. The van der Waals surface area contributed by atoms with Crippen molar-refractivity contribution < 1.29 is 9.13 Å². The summed E-state index contributed by atoms with van der Waals surface area (Å²) >= 11 is 0. The SMILES string of the molecule is COC(F)=CC=C(C)C. The highest BCUT2D eigenvalue weighted by Crippen LogP contribution is 1.98. The summed E-state index contributed by atoms with van der Waals surface area (Å²) in [6.07, 6.45) is 2.94. The fourth-order valence-electron chi connectivity index (χ4n) is 0.300. The summed E-state index contributed by atoms with van der Waals surface area (Å²) in [4.78, 5) is 0. The second kappa shape index (κ2) is 4.13. The summed E-state index contributed by atoms with van der Waals surface area (Å²) in [7, 11) is 1.30. The molecule has 0 aliphatic heterocycles. The average molecular weight is 130 g/mol. The Labute approximate surface area is 54.8 Å². The van der Waals surface area contributed by atoms with Gasteiger partial charge in [0.2, 0.25) is 0 Å². The molecule has 0 N–H and O–H groups in total. The molecule has 2 heteroatoms. The molecule has 0 saturated heterocycles. The van der Waals surface area contributed by atoms with Crippen LogP contribution >= 0.6 is 0 Å². The lowest BCUT2D eigenvalue weighted by molar-refractivity contribution is 0.203. The van der Waals surface area contributed by atoms with Crippen molar-refractivity contribution in [3.63, 3.8) is 0 Å². The van der Waals surface area contributed by atoms with Gasteiger partial charge in [0.1, 0.15) is 0 Å². The highest BCUT2D eigenvalue weighted by molar-refractivity contribution is 5.08. The molecule has 0 aliphatic rings. The first kappa shape index (κ1) is 8.21. The normalized spacial score (nSPS) is 10.9. The number of hydrogen-bond donors (Lipinski definition) is 0. The van der Waals surface area contributed by atoms with Crippen LogP contribution in [0.15, 0.2) is 23.7 Å². The lowest BCUT2D eigenvalue weighted by Crippen LogP contribution is -1.74. The Morgan fingerprint density at radius 3 is 2.22 bits per heavy atom. The second-order valence-corrected chi connectivity index (χ2v) is 1.92. The van der Waals surface area contributed by atoms with E-state index >= 15 is 0 Å². The smallest absolute Gasteiger partial charge is 0.272 e. The van der Waals surface area contributed by atoms with Crippen molar-refractivity contribution in [2.75, 3.05) is 7.11 Å². The third-order valence-corrected chi connectivity index (χ3v) is 0.743. The van der Waals surface area contributed by atoms with Crippen molar-refractivity contribution in [3.05, 3.63) is 23.7 Å². The molecule has 0 spiro atoms. The van der Waals surface area contributed by atoms with E-state index in [9.17, 15) is 4.39 Å². The maximum Gasteiger partial charge on any atom is 0.272 e. The summed E-state index contributed by atoms with van der Waals surface area (Å²) in [5.74, 6) is 0. The van der Waals surface area contributed by atoms with Crippen LogP contribution in [0.1, 0.15) is 13.8 Å². The molecule has 0 unspecified atom stereocenters. The molecule has 9 heavy (non-hydrogen) atoms. The monoisotopic (exact) mass is 130 g/mol. The zero-order valence-electron chi connectivity index (χ0n) is 5.94. The van der Waals surface area contributed by atoms with Crippen LogP contribution in [-0.4, -0.2) is 7.11 Å². The number of hydrogen-bond acceptors (Lipinski definition) is 1. The molecule has 0 heterocycles. The van der Waals surface area contributed by atoms with Crippen LogP contribution in [0.3, 0.4) is 0 Å². The first-order valence-electron chi connectivity index (χ1n) is 2.71. The van der Waals surface area contributed by atoms with E-state index < -0.39 is 6.01 Å². The van der Waals surface area contributed by atoms with E-state index in [1.54, 1.807) is 6.08 Å². The summed E-state index contributed by atoms with van der Waals surface area (Å²) in [6, 6.07) is -0.559. The van der Waals surface area contributed by atoms with Gasteiger partial charge in [-0.2, -0.15) is 4.39 Å². The number of ether oxygens (including phenoxy) is 1. The standard InChI is InChI=1S/C7H11FO/c1-6(2)4-5-7(8)9-3/h4-5H,1-3H3. The Kier molecular flexibility index (Phi) is 3.76. The fourth-order valence-corrected chi connectivity index (χ4v) is 0.300. The maximum atomic E-state index is 12.1. The zero-order valence-corrected chi connectivity index (χ0v) is 5.94. The first-order chi connectivity index (χ1) is 4.16. The van der Waals surface area contributed by atoms with Crippen LogP contribution < -0.4 is 0 Å². The predicted octanol–water partition coefficient (Wildman–Crippen LogP) is 2.41. The second-order valence-electron chi connectivity index (χ2n) is 1.92. The average Bonchev–Trinajstić information content (AvgIpc) is 1.83. The molecule has 0 aromatic carbocycles. The quantitative estimate of drug-likeness (QED) is 0.412. The highest BCUT2D eigenvalue weighted by atomic mass is 19.1. The van der Waals surface area contributed by atoms with Crippen molar-refractivity contribution in [1.82, 2.24) is 0 Å². The van der Waals surface area contributed by atoms with E-state index in [-0.39, 0.29) is 0 Å². The van der Waals surface area contributed by atoms with Gasteiger partial charge in [0.25, 0.3) is 6.01 Å². The first-order valence-corrected chi connectivity index (χ1v) is 2.71. The van der Waals surface area contributed by atoms with E-state index in [1.165, 1.54) is 13.2 Å².